The summed E-state index contributed by atoms with van der Waals surface area (Å²) in [6, 6.07) is 9.19. The zero-order valence-corrected chi connectivity index (χ0v) is 41.6. The van der Waals surface area contributed by atoms with Gasteiger partial charge in [-0.25, -0.2) is 28.9 Å². The number of likely N-dealkylation sites (tertiary alicyclic amines) is 2. The molecule has 2 saturated heterocycles. The van der Waals surface area contributed by atoms with E-state index in [0.717, 1.165) is 64.1 Å². The number of aromatic amines is 2. The number of halogens is 1. The minimum Gasteiger partial charge on any atom is -0.464 e. The topological polar surface area (TPSA) is 202 Å². The van der Waals surface area contributed by atoms with Gasteiger partial charge in [-0.2, -0.15) is 0 Å². The van der Waals surface area contributed by atoms with Gasteiger partial charge in [0.25, 0.3) is 0 Å². The molecule has 6 aromatic rings. The molecule has 0 spiro atoms. The molecular formula is C51H61FN10O7S. The van der Waals surface area contributed by atoms with Crippen LogP contribution in [0.4, 0.5) is 14.0 Å². The summed E-state index contributed by atoms with van der Waals surface area (Å²) in [6.45, 7) is 12.9. The van der Waals surface area contributed by atoms with Crippen molar-refractivity contribution in [3.8, 4) is 39.5 Å². The molecule has 3 unspecified atom stereocenters. The number of aromatic nitrogens is 6. The smallest absolute Gasteiger partial charge is 0.407 e. The van der Waals surface area contributed by atoms with Gasteiger partial charge in [0.05, 0.1) is 76.7 Å². The third kappa shape index (κ3) is 8.99. The zero-order valence-electron chi connectivity index (χ0n) is 40.8. The number of H-pyrrole nitrogens is 2. The fourth-order valence-electron chi connectivity index (χ4n) is 10.2. The maximum atomic E-state index is 17.0. The lowest BCUT2D eigenvalue weighted by Gasteiger charge is -2.30. The number of imidazole rings is 2. The van der Waals surface area contributed by atoms with Crippen LogP contribution in [0, 0.1) is 17.7 Å². The van der Waals surface area contributed by atoms with Gasteiger partial charge in [0.1, 0.15) is 35.3 Å². The van der Waals surface area contributed by atoms with Crippen molar-refractivity contribution in [1.29, 1.82) is 0 Å². The van der Waals surface area contributed by atoms with E-state index < -0.39 is 36.3 Å². The van der Waals surface area contributed by atoms with Crippen molar-refractivity contribution in [2.45, 2.75) is 116 Å². The Kier molecular flexibility index (Phi) is 13.7. The monoisotopic (exact) mass is 976 g/mol. The summed E-state index contributed by atoms with van der Waals surface area (Å²) in [5, 5.41) is 7.28. The standard InChI is InChI=1S/C51H61FN10O7S/c1-9-28(10-2)46-55-25-40(70-46)49-62-35-16-15-29(33-23-53-44(56-33)36-13-11-17-60(36)47(63)42(26(3)4)58-50(65)67-7)19-31(35)21-38(62)41-32(52)20-30(22-39(41)69-49)34-24-54-45(57-34)37-14-12-18-61(37)48(64)43(27(5)6)59-51(66)68-8/h15-16,19-28,36-37,42-43,49H,9-14,17-18H2,1-8H3,(H,53,56)(H,54,57)(H,58,65)(H,59,66)/t36-,37-,42?,43?,49?/m0/s1. The molecule has 3 aliphatic heterocycles. The van der Waals surface area contributed by atoms with Crippen molar-refractivity contribution in [1.82, 2.24) is 49.9 Å². The number of fused-ring (bicyclic) bond motifs is 5. The van der Waals surface area contributed by atoms with E-state index >= 15 is 4.39 Å². The Bertz CT molecular complexity index is 2920. The lowest BCUT2D eigenvalue weighted by Crippen LogP contribution is -2.51. The molecule has 17 nitrogen and oxygen atoms in total. The van der Waals surface area contributed by atoms with Crippen molar-refractivity contribution < 1.29 is 37.8 Å². The molecule has 9 rings (SSSR count). The number of hydrogen-bond donors (Lipinski definition) is 4. The van der Waals surface area contributed by atoms with Gasteiger partial charge in [-0.1, -0.05) is 47.6 Å². The molecule has 3 aliphatic rings. The Morgan fingerprint density at radius 1 is 0.786 bits per heavy atom. The van der Waals surface area contributed by atoms with Crippen LogP contribution in [0.3, 0.4) is 0 Å². The Labute approximate surface area is 409 Å². The highest BCUT2D eigenvalue weighted by Crippen LogP contribution is 2.49. The van der Waals surface area contributed by atoms with E-state index in [9.17, 15) is 19.2 Å². The molecule has 7 heterocycles. The van der Waals surface area contributed by atoms with Crippen molar-refractivity contribution in [2.24, 2.45) is 11.8 Å². The van der Waals surface area contributed by atoms with Crippen molar-refractivity contribution >= 4 is 46.2 Å². The second-order valence-electron chi connectivity index (χ2n) is 19.0. The zero-order chi connectivity index (χ0) is 49.5. The van der Waals surface area contributed by atoms with Crippen molar-refractivity contribution in [2.75, 3.05) is 27.3 Å². The summed E-state index contributed by atoms with van der Waals surface area (Å²) in [4.78, 5) is 77.6. The van der Waals surface area contributed by atoms with Crippen LogP contribution in [-0.4, -0.2) is 103 Å². The molecule has 19 heteroatoms. The van der Waals surface area contributed by atoms with Gasteiger partial charge in [0, 0.05) is 41.7 Å². The summed E-state index contributed by atoms with van der Waals surface area (Å²) in [7, 11) is 2.55. The van der Waals surface area contributed by atoms with Crippen LogP contribution in [0.15, 0.2) is 55.0 Å². The number of nitrogens with one attached hydrogen (secondary N) is 4. The highest BCUT2D eigenvalue weighted by atomic mass is 32.1. The quantitative estimate of drug-likeness (QED) is 0.0814. The maximum Gasteiger partial charge on any atom is 0.407 e. The van der Waals surface area contributed by atoms with Crippen molar-refractivity contribution in [3.63, 3.8) is 0 Å². The van der Waals surface area contributed by atoms with Crippen LogP contribution in [0.25, 0.3) is 44.7 Å². The van der Waals surface area contributed by atoms with Crippen LogP contribution in [0.1, 0.15) is 126 Å². The molecule has 2 aromatic carbocycles. The Morgan fingerprint density at radius 3 is 1.90 bits per heavy atom. The van der Waals surface area contributed by atoms with Crippen LogP contribution in [0.5, 0.6) is 5.75 Å². The summed E-state index contributed by atoms with van der Waals surface area (Å²) in [5.74, 6) is 0.671. The molecule has 70 heavy (non-hydrogen) atoms. The predicted octanol–water partition coefficient (Wildman–Crippen LogP) is 9.62. The fourth-order valence-corrected chi connectivity index (χ4v) is 11.4. The third-order valence-electron chi connectivity index (χ3n) is 14.0. The molecule has 370 valence electrons. The molecule has 0 saturated carbocycles. The molecule has 4 N–H and O–H groups in total. The van der Waals surface area contributed by atoms with E-state index in [0.29, 0.717) is 65.3 Å². The van der Waals surface area contributed by atoms with Crippen LogP contribution >= 0.6 is 11.3 Å². The van der Waals surface area contributed by atoms with E-state index in [1.807, 2.05) is 68.8 Å². The van der Waals surface area contributed by atoms with Gasteiger partial charge in [0.2, 0.25) is 18.0 Å². The van der Waals surface area contributed by atoms with Gasteiger partial charge < -0.3 is 44.6 Å². The number of benzene rings is 2. The number of thiazole rings is 1. The van der Waals surface area contributed by atoms with Crippen LogP contribution < -0.4 is 15.4 Å². The number of rotatable bonds is 14. The first-order valence-corrected chi connectivity index (χ1v) is 25.1. The third-order valence-corrected chi connectivity index (χ3v) is 15.2. The SMILES string of the molecule is CCC(CC)c1ncc(C2Oc3cc(-c4cnc([C@@H]5CCCN5C(=O)C(NC(=O)OC)C(C)C)[nH]4)cc(F)c3-c3cc4cc(-c5cnc([C@@H]6CCCN6C(=O)C(NC(=O)OC)C(C)C)[nH]5)ccc4n32)s1. The molecule has 2 fully saturated rings. The largest absolute Gasteiger partial charge is 0.464 e. The van der Waals surface area contributed by atoms with Crippen LogP contribution in [0.2, 0.25) is 0 Å². The predicted molar refractivity (Wildman–Crippen MR) is 262 cm³/mol. The first-order chi connectivity index (χ1) is 33.7. The molecule has 0 aliphatic carbocycles. The fraction of sp³-hybridized carbons (Fsp3) is 0.471. The summed E-state index contributed by atoms with van der Waals surface area (Å²) >= 11 is 1.61. The summed E-state index contributed by atoms with van der Waals surface area (Å²) < 4.78 is 35.5. The van der Waals surface area contributed by atoms with E-state index in [4.69, 9.17) is 29.2 Å². The molecular weight excluding hydrogens is 916 g/mol. The van der Waals surface area contributed by atoms with Gasteiger partial charge >= 0.3 is 12.2 Å². The second kappa shape index (κ2) is 19.9. The number of methoxy groups -OCH3 is 2. The molecule has 4 aromatic heterocycles. The molecule has 0 radical (unpaired) electrons. The maximum absolute atomic E-state index is 17.0. The summed E-state index contributed by atoms with van der Waals surface area (Å²) in [5.41, 5.74) is 4.53. The Balaban J connectivity index is 1.05. The lowest BCUT2D eigenvalue weighted by molar-refractivity contribution is -0.136. The molecule has 5 atom stereocenters. The average molecular weight is 977 g/mol. The van der Waals surface area contributed by atoms with E-state index in [2.05, 4.69) is 34.4 Å². The number of hydrogen-bond acceptors (Lipinski definition) is 11. The first-order valence-electron chi connectivity index (χ1n) is 24.2. The van der Waals surface area contributed by atoms with E-state index in [-0.39, 0.29) is 35.7 Å². The first kappa shape index (κ1) is 48.3. The van der Waals surface area contributed by atoms with Crippen LogP contribution in [-0.2, 0) is 19.1 Å². The lowest BCUT2D eigenvalue weighted by atomic mass is 10.0. The number of ether oxygens (including phenoxy) is 3. The second-order valence-corrected chi connectivity index (χ2v) is 20.1. The number of amides is 4. The normalized spacial score (nSPS) is 18.5. The van der Waals surface area contributed by atoms with E-state index in [1.165, 1.54) is 20.3 Å². The highest BCUT2D eigenvalue weighted by Gasteiger charge is 2.40. The average Bonchev–Trinajstić information content (AvgIpc) is 4.21. The van der Waals surface area contributed by atoms with E-state index in [1.54, 1.807) is 33.5 Å². The number of nitrogens with zero attached hydrogens (tertiary/aromatic N) is 6. The molecule has 0 bridgehead atoms. The van der Waals surface area contributed by atoms with Gasteiger partial charge in [-0.3, -0.25) is 14.2 Å². The van der Waals surface area contributed by atoms with Gasteiger partial charge in [0.15, 0.2) is 0 Å². The van der Waals surface area contributed by atoms with Gasteiger partial charge in [-0.05, 0) is 80.7 Å². The number of alkyl carbamates (subject to hydrolysis) is 2. The number of carbonyl (C=O) groups is 4. The Hall–Kier alpha value is -6.76. The minimum absolute atomic E-state index is 0.156. The Morgan fingerprint density at radius 2 is 1.36 bits per heavy atom. The summed E-state index contributed by atoms with van der Waals surface area (Å²) in [6.07, 6.45) is 8.15. The number of carbonyl (C=O) groups excluding carboxylic acids is 4. The highest BCUT2D eigenvalue weighted by molar-refractivity contribution is 7.11. The van der Waals surface area contributed by atoms with Gasteiger partial charge in [-0.15, -0.1) is 11.3 Å². The van der Waals surface area contributed by atoms with Crippen molar-refractivity contribution in [3.05, 3.63) is 82.3 Å². The molecule has 4 amide bonds. The minimum atomic E-state index is -0.776.